The second-order valence-electron chi connectivity index (χ2n) is 7.88. The Kier molecular flexibility index (Phi) is 11.5. The summed E-state index contributed by atoms with van der Waals surface area (Å²) in [6, 6.07) is 8.50. The average Bonchev–Trinajstić information content (AvgIpc) is 2.83. The minimum absolute atomic E-state index is 0. The average molecular weight is 560 g/mol. The predicted molar refractivity (Wildman–Crippen MR) is 136 cm³/mol. The van der Waals surface area contributed by atoms with E-state index in [2.05, 4.69) is 32.2 Å². The van der Waals surface area contributed by atoms with Gasteiger partial charge in [-0.3, -0.25) is 14.7 Å². The van der Waals surface area contributed by atoms with Crippen molar-refractivity contribution in [2.75, 3.05) is 66.7 Å². The van der Waals surface area contributed by atoms with Crippen molar-refractivity contribution < 1.29 is 19.0 Å². The first-order valence-corrected chi connectivity index (χ1v) is 11.2. The molecule has 0 bridgehead atoms. The van der Waals surface area contributed by atoms with E-state index in [0.29, 0.717) is 6.61 Å². The van der Waals surface area contributed by atoms with Crippen molar-refractivity contribution in [3.05, 3.63) is 29.8 Å². The summed E-state index contributed by atoms with van der Waals surface area (Å²) in [4.78, 5) is 21.2. The monoisotopic (exact) mass is 560 g/mol. The molecule has 1 aromatic rings. The number of likely N-dealkylation sites (tertiary alicyclic amines) is 1. The summed E-state index contributed by atoms with van der Waals surface area (Å²) in [5.74, 6) is 1.67. The van der Waals surface area contributed by atoms with Crippen molar-refractivity contribution >= 4 is 35.9 Å². The molecule has 0 saturated carbocycles. The van der Waals surface area contributed by atoms with Crippen molar-refractivity contribution in [1.29, 1.82) is 0 Å². The van der Waals surface area contributed by atoms with E-state index in [9.17, 15) is 4.79 Å². The fourth-order valence-electron chi connectivity index (χ4n) is 4.28. The van der Waals surface area contributed by atoms with Gasteiger partial charge in [0.05, 0.1) is 38.9 Å². The number of hydrogen-bond donors (Lipinski definition) is 1. The van der Waals surface area contributed by atoms with Gasteiger partial charge in [-0.05, 0) is 37.5 Å². The number of hydrogen-bond acceptors (Lipinski definition) is 6. The van der Waals surface area contributed by atoms with E-state index < -0.39 is 0 Å². The van der Waals surface area contributed by atoms with E-state index in [4.69, 9.17) is 14.2 Å². The van der Waals surface area contributed by atoms with Crippen LogP contribution in [0.5, 0.6) is 5.75 Å². The van der Waals surface area contributed by atoms with E-state index in [1.54, 1.807) is 7.11 Å². The Morgan fingerprint density at radius 1 is 1.19 bits per heavy atom. The number of nitrogens with one attached hydrogen (secondary N) is 1. The number of carbonyl (C=O) groups is 1. The molecule has 180 valence electrons. The maximum atomic E-state index is 12.0. The number of guanidine groups is 1. The SMILES string of the molecule is CCOC(=O)C1CCN(C(=NC)NCC(c2ccc(OC)cc2)N2CCOCC2)CC1.I. The number of nitrogens with zero attached hydrogens (tertiary/aromatic N) is 3. The highest BCUT2D eigenvalue weighted by molar-refractivity contribution is 14.0. The minimum atomic E-state index is -0.0722. The molecule has 0 spiro atoms. The summed E-state index contributed by atoms with van der Waals surface area (Å²) < 4.78 is 16.1. The summed E-state index contributed by atoms with van der Waals surface area (Å²) in [6.45, 7) is 7.96. The van der Waals surface area contributed by atoms with Gasteiger partial charge >= 0.3 is 5.97 Å². The van der Waals surface area contributed by atoms with Crippen LogP contribution >= 0.6 is 24.0 Å². The molecule has 2 aliphatic heterocycles. The van der Waals surface area contributed by atoms with Crippen LogP contribution in [0.3, 0.4) is 0 Å². The number of benzene rings is 1. The first-order valence-electron chi connectivity index (χ1n) is 11.2. The Hall–Kier alpha value is -1.59. The van der Waals surface area contributed by atoms with Gasteiger partial charge in [0.15, 0.2) is 5.96 Å². The first-order chi connectivity index (χ1) is 15.2. The largest absolute Gasteiger partial charge is 0.497 e. The molecule has 0 aromatic heterocycles. The van der Waals surface area contributed by atoms with Crippen LogP contribution in [0.4, 0.5) is 0 Å². The zero-order valence-corrected chi connectivity index (χ0v) is 21.7. The molecule has 0 radical (unpaired) electrons. The Balaban J connectivity index is 0.00000363. The van der Waals surface area contributed by atoms with Gasteiger partial charge in [-0.25, -0.2) is 0 Å². The third-order valence-corrected chi connectivity index (χ3v) is 6.07. The van der Waals surface area contributed by atoms with Gasteiger partial charge in [-0.15, -0.1) is 24.0 Å². The molecule has 1 aromatic carbocycles. The molecule has 2 aliphatic rings. The molecule has 0 amide bonds. The normalized spacial score (nSPS) is 19.1. The van der Waals surface area contributed by atoms with Crippen LogP contribution in [0, 0.1) is 5.92 Å². The van der Waals surface area contributed by atoms with Gasteiger partial charge in [-0.2, -0.15) is 0 Å². The number of halogens is 1. The highest BCUT2D eigenvalue weighted by Gasteiger charge is 2.28. The van der Waals surface area contributed by atoms with Gasteiger partial charge in [0.2, 0.25) is 0 Å². The van der Waals surface area contributed by atoms with Crippen LogP contribution in [-0.2, 0) is 14.3 Å². The van der Waals surface area contributed by atoms with Crippen LogP contribution in [0.1, 0.15) is 31.4 Å². The molecule has 9 heteroatoms. The first kappa shape index (κ1) is 26.7. The van der Waals surface area contributed by atoms with Crippen molar-refractivity contribution in [2.24, 2.45) is 10.9 Å². The standard InChI is InChI=1S/C23H36N4O4.HI/c1-4-31-22(28)19-9-11-27(12-10-19)23(24-2)25-17-21(26-13-15-30-16-14-26)18-5-7-20(29-3)8-6-18;/h5-8,19,21H,4,9-17H2,1-3H3,(H,24,25);1H. The summed E-state index contributed by atoms with van der Waals surface area (Å²) >= 11 is 0. The van der Waals surface area contributed by atoms with Crippen molar-refractivity contribution in [2.45, 2.75) is 25.8 Å². The van der Waals surface area contributed by atoms with Crippen LogP contribution in [-0.4, -0.2) is 88.4 Å². The number of ether oxygens (including phenoxy) is 3. The second-order valence-corrected chi connectivity index (χ2v) is 7.88. The molecule has 0 aliphatic carbocycles. The molecule has 8 nitrogen and oxygen atoms in total. The lowest BCUT2D eigenvalue weighted by Gasteiger charge is -2.37. The lowest BCUT2D eigenvalue weighted by molar-refractivity contribution is -0.149. The van der Waals surface area contributed by atoms with E-state index >= 15 is 0 Å². The maximum absolute atomic E-state index is 12.0. The van der Waals surface area contributed by atoms with Gasteiger partial charge in [0, 0.05) is 39.8 Å². The molecule has 1 unspecified atom stereocenters. The Morgan fingerprint density at radius 2 is 1.84 bits per heavy atom. The summed E-state index contributed by atoms with van der Waals surface area (Å²) in [6.07, 6.45) is 1.59. The smallest absolute Gasteiger partial charge is 0.309 e. The molecule has 3 rings (SSSR count). The Bertz CT molecular complexity index is 717. The van der Waals surface area contributed by atoms with Crippen LogP contribution < -0.4 is 10.1 Å². The predicted octanol–water partition coefficient (Wildman–Crippen LogP) is 2.54. The van der Waals surface area contributed by atoms with E-state index in [1.807, 2.05) is 26.1 Å². The fraction of sp³-hybridized carbons (Fsp3) is 0.652. The molecule has 2 saturated heterocycles. The highest BCUT2D eigenvalue weighted by atomic mass is 127. The van der Waals surface area contributed by atoms with E-state index in [-0.39, 0.29) is 41.9 Å². The lowest BCUT2D eigenvalue weighted by Crippen LogP contribution is -2.50. The summed E-state index contributed by atoms with van der Waals surface area (Å²) in [5.41, 5.74) is 1.24. The van der Waals surface area contributed by atoms with Gasteiger partial charge in [0.1, 0.15) is 5.75 Å². The molecule has 2 heterocycles. The lowest BCUT2D eigenvalue weighted by atomic mass is 9.97. The van der Waals surface area contributed by atoms with Crippen molar-refractivity contribution in [3.63, 3.8) is 0 Å². The van der Waals surface area contributed by atoms with Gasteiger partial charge in [-0.1, -0.05) is 12.1 Å². The molecule has 2 fully saturated rings. The highest BCUT2D eigenvalue weighted by Crippen LogP contribution is 2.24. The second kappa shape index (κ2) is 13.8. The number of aliphatic imine (C=N–C) groups is 1. The third kappa shape index (κ3) is 7.21. The van der Waals surface area contributed by atoms with Gasteiger partial charge < -0.3 is 24.4 Å². The van der Waals surface area contributed by atoms with Crippen LogP contribution in [0.2, 0.25) is 0 Å². The van der Waals surface area contributed by atoms with Crippen molar-refractivity contribution in [3.8, 4) is 5.75 Å². The zero-order chi connectivity index (χ0) is 22.1. The molecule has 1 atom stereocenters. The van der Waals surface area contributed by atoms with Gasteiger partial charge in [0.25, 0.3) is 0 Å². The summed E-state index contributed by atoms with van der Waals surface area (Å²) in [5, 5.41) is 3.58. The molecular weight excluding hydrogens is 523 g/mol. The number of morpholine rings is 1. The number of piperidine rings is 1. The van der Waals surface area contributed by atoms with E-state index in [1.165, 1.54) is 5.56 Å². The zero-order valence-electron chi connectivity index (χ0n) is 19.4. The van der Waals surface area contributed by atoms with Crippen LogP contribution in [0.15, 0.2) is 29.3 Å². The fourth-order valence-corrected chi connectivity index (χ4v) is 4.28. The number of esters is 1. The molecule has 32 heavy (non-hydrogen) atoms. The quantitative estimate of drug-likeness (QED) is 0.238. The third-order valence-electron chi connectivity index (χ3n) is 6.07. The van der Waals surface area contributed by atoms with Crippen LogP contribution in [0.25, 0.3) is 0 Å². The minimum Gasteiger partial charge on any atom is -0.497 e. The molecule has 1 N–H and O–H groups in total. The number of methoxy groups -OCH3 is 1. The van der Waals surface area contributed by atoms with E-state index in [0.717, 1.165) is 70.5 Å². The molecular formula is C23H37IN4O4. The Labute approximate surface area is 208 Å². The number of rotatable bonds is 7. The topological polar surface area (TPSA) is 75.6 Å². The summed E-state index contributed by atoms with van der Waals surface area (Å²) in [7, 11) is 3.50. The Morgan fingerprint density at radius 3 is 2.41 bits per heavy atom. The maximum Gasteiger partial charge on any atom is 0.309 e. The number of carbonyl (C=O) groups excluding carboxylic acids is 1. The van der Waals surface area contributed by atoms with Crippen molar-refractivity contribution in [1.82, 2.24) is 15.1 Å².